The van der Waals surface area contributed by atoms with Crippen LogP contribution in [0.3, 0.4) is 0 Å². The fraction of sp³-hybridized carbons (Fsp3) is 0.304. The number of halogens is 1. The van der Waals surface area contributed by atoms with Gasteiger partial charge in [-0.3, -0.25) is 4.90 Å². The summed E-state index contributed by atoms with van der Waals surface area (Å²) >= 11 is 0. The lowest BCUT2D eigenvalue weighted by Crippen LogP contribution is -2.32. The molecule has 0 fully saturated rings. The van der Waals surface area contributed by atoms with Crippen molar-refractivity contribution in [3.8, 4) is 0 Å². The summed E-state index contributed by atoms with van der Waals surface area (Å²) in [6.07, 6.45) is 1.44. The molecule has 0 amide bonds. The number of aliphatic hydroxyl groups excluding tert-OH is 1. The summed E-state index contributed by atoms with van der Waals surface area (Å²) in [5.74, 6) is -0.223. The molecular formula is C23H27FN2O2. The van der Waals surface area contributed by atoms with Crippen LogP contribution in [0.2, 0.25) is 0 Å². The SMILES string of the molecule is COCCN(Cc1cccn1Cc1cccc(F)c1)CC(O)c1ccccc1. The average molecular weight is 382 g/mol. The van der Waals surface area contributed by atoms with E-state index < -0.39 is 6.10 Å². The Hall–Kier alpha value is -2.47. The van der Waals surface area contributed by atoms with Gasteiger partial charge in [0.2, 0.25) is 0 Å². The molecule has 0 saturated heterocycles. The summed E-state index contributed by atoms with van der Waals surface area (Å²) in [4.78, 5) is 2.18. The zero-order chi connectivity index (χ0) is 19.8. The van der Waals surface area contributed by atoms with Crippen molar-refractivity contribution in [3.05, 3.63) is 95.6 Å². The zero-order valence-electron chi connectivity index (χ0n) is 16.2. The van der Waals surface area contributed by atoms with E-state index in [1.165, 1.54) is 6.07 Å². The number of benzene rings is 2. The van der Waals surface area contributed by atoms with Crippen molar-refractivity contribution in [2.75, 3.05) is 26.8 Å². The largest absolute Gasteiger partial charge is 0.387 e. The minimum Gasteiger partial charge on any atom is -0.387 e. The number of rotatable bonds is 10. The summed E-state index contributed by atoms with van der Waals surface area (Å²) < 4.78 is 20.9. The number of methoxy groups -OCH3 is 1. The lowest BCUT2D eigenvalue weighted by Gasteiger charge is -2.25. The standard InChI is InChI=1S/C23H27FN2O2/c1-28-14-13-25(18-23(27)20-8-3-2-4-9-20)17-22-11-6-12-26(22)16-19-7-5-10-21(24)15-19/h2-12,15,23,27H,13-14,16-18H2,1H3. The van der Waals surface area contributed by atoms with Gasteiger partial charge in [0.05, 0.1) is 12.7 Å². The topological polar surface area (TPSA) is 37.6 Å². The highest BCUT2D eigenvalue weighted by molar-refractivity contribution is 5.20. The number of aromatic nitrogens is 1. The van der Waals surface area contributed by atoms with Crippen molar-refractivity contribution in [2.45, 2.75) is 19.2 Å². The van der Waals surface area contributed by atoms with E-state index in [0.717, 1.165) is 16.8 Å². The molecule has 1 heterocycles. The Morgan fingerprint density at radius 2 is 1.89 bits per heavy atom. The number of aliphatic hydroxyl groups is 1. The monoisotopic (exact) mass is 382 g/mol. The minimum atomic E-state index is -0.565. The first-order chi connectivity index (χ1) is 13.7. The van der Waals surface area contributed by atoms with Crippen molar-refractivity contribution >= 4 is 0 Å². The molecule has 3 rings (SSSR count). The van der Waals surface area contributed by atoms with Gasteiger partial charge in [-0.2, -0.15) is 0 Å². The summed E-state index contributed by atoms with van der Waals surface area (Å²) in [5, 5.41) is 10.6. The molecule has 148 valence electrons. The van der Waals surface area contributed by atoms with Gasteiger partial charge in [-0.1, -0.05) is 42.5 Å². The molecule has 5 heteroatoms. The van der Waals surface area contributed by atoms with Crippen LogP contribution in [0, 0.1) is 5.82 Å². The zero-order valence-corrected chi connectivity index (χ0v) is 16.2. The lowest BCUT2D eigenvalue weighted by atomic mass is 10.1. The van der Waals surface area contributed by atoms with Crippen molar-refractivity contribution in [2.24, 2.45) is 0 Å². The van der Waals surface area contributed by atoms with Gasteiger partial charge in [0.1, 0.15) is 5.82 Å². The highest BCUT2D eigenvalue weighted by atomic mass is 19.1. The molecule has 0 radical (unpaired) electrons. The van der Waals surface area contributed by atoms with E-state index in [-0.39, 0.29) is 5.82 Å². The van der Waals surface area contributed by atoms with Crippen molar-refractivity contribution in [3.63, 3.8) is 0 Å². The summed E-state index contributed by atoms with van der Waals surface area (Å²) in [5.41, 5.74) is 2.94. The number of nitrogens with zero attached hydrogens (tertiary/aromatic N) is 2. The third-order valence-corrected chi connectivity index (χ3v) is 4.78. The van der Waals surface area contributed by atoms with Gasteiger partial charge in [-0.25, -0.2) is 4.39 Å². The van der Waals surface area contributed by atoms with Gasteiger partial charge in [0.25, 0.3) is 0 Å². The third-order valence-electron chi connectivity index (χ3n) is 4.78. The molecule has 28 heavy (non-hydrogen) atoms. The highest BCUT2D eigenvalue weighted by Crippen LogP contribution is 2.17. The Bertz CT molecular complexity index is 851. The summed E-state index contributed by atoms with van der Waals surface area (Å²) in [7, 11) is 1.68. The predicted octanol–water partition coefficient (Wildman–Crippen LogP) is 3.86. The van der Waals surface area contributed by atoms with E-state index in [0.29, 0.717) is 32.8 Å². The lowest BCUT2D eigenvalue weighted by molar-refractivity contribution is 0.0837. The Morgan fingerprint density at radius 3 is 2.64 bits per heavy atom. The molecule has 0 aliphatic carbocycles. The van der Waals surface area contributed by atoms with Crippen LogP contribution in [-0.2, 0) is 17.8 Å². The van der Waals surface area contributed by atoms with Crippen LogP contribution < -0.4 is 0 Å². The second kappa shape index (κ2) is 10.2. The van der Waals surface area contributed by atoms with Crippen LogP contribution in [0.25, 0.3) is 0 Å². The van der Waals surface area contributed by atoms with E-state index >= 15 is 0 Å². The van der Waals surface area contributed by atoms with Crippen molar-refractivity contribution in [1.82, 2.24) is 9.47 Å². The van der Waals surface area contributed by atoms with Crippen LogP contribution in [0.4, 0.5) is 4.39 Å². The normalized spacial score (nSPS) is 12.4. The maximum atomic E-state index is 13.5. The minimum absolute atomic E-state index is 0.223. The Balaban J connectivity index is 1.70. The van der Waals surface area contributed by atoms with Crippen LogP contribution >= 0.6 is 0 Å². The van der Waals surface area contributed by atoms with Gasteiger partial charge in [0, 0.05) is 45.2 Å². The molecule has 0 aliphatic heterocycles. The van der Waals surface area contributed by atoms with Crippen molar-refractivity contribution < 1.29 is 14.2 Å². The molecule has 0 bridgehead atoms. The highest BCUT2D eigenvalue weighted by Gasteiger charge is 2.15. The molecule has 0 spiro atoms. The molecule has 3 aromatic rings. The van der Waals surface area contributed by atoms with E-state index in [1.54, 1.807) is 19.2 Å². The number of hydrogen-bond donors (Lipinski definition) is 1. The fourth-order valence-electron chi connectivity index (χ4n) is 3.29. The van der Waals surface area contributed by atoms with E-state index in [4.69, 9.17) is 4.74 Å². The van der Waals surface area contributed by atoms with E-state index in [9.17, 15) is 9.50 Å². The van der Waals surface area contributed by atoms with Crippen LogP contribution in [0.5, 0.6) is 0 Å². The van der Waals surface area contributed by atoms with Gasteiger partial charge < -0.3 is 14.4 Å². The van der Waals surface area contributed by atoms with Gasteiger partial charge in [0.15, 0.2) is 0 Å². The first-order valence-corrected chi connectivity index (χ1v) is 9.48. The molecule has 0 saturated carbocycles. The molecule has 2 aromatic carbocycles. The summed E-state index contributed by atoms with van der Waals surface area (Å²) in [6.45, 7) is 3.10. The molecule has 0 aliphatic rings. The molecule has 1 unspecified atom stereocenters. The molecule has 1 atom stereocenters. The maximum Gasteiger partial charge on any atom is 0.123 e. The van der Waals surface area contributed by atoms with Gasteiger partial charge in [-0.05, 0) is 35.4 Å². The van der Waals surface area contributed by atoms with E-state index in [2.05, 4.69) is 15.5 Å². The third kappa shape index (κ3) is 5.76. The average Bonchev–Trinajstić information content (AvgIpc) is 3.13. The Labute approximate surface area is 165 Å². The first kappa shape index (κ1) is 20.3. The molecule has 1 N–H and O–H groups in total. The fourth-order valence-corrected chi connectivity index (χ4v) is 3.29. The first-order valence-electron chi connectivity index (χ1n) is 9.48. The second-order valence-corrected chi connectivity index (χ2v) is 6.91. The van der Waals surface area contributed by atoms with Crippen LogP contribution in [-0.4, -0.2) is 41.4 Å². The second-order valence-electron chi connectivity index (χ2n) is 6.91. The maximum absolute atomic E-state index is 13.5. The molecule has 1 aromatic heterocycles. The quantitative estimate of drug-likeness (QED) is 0.579. The van der Waals surface area contributed by atoms with Gasteiger partial charge in [-0.15, -0.1) is 0 Å². The molecular weight excluding hydrogens is 355 g/mol. The summed E-state index contributed by atoms with van der Waals surface area (Å²) in [6, 6.07) is 20.4. The number of hydrogen-bond acceptors (Lipinski definition) is 3. The smallest absolute Gasteiger partial charge is 0.123 e. The van der Waals surface area contributed by atoms with Crippen LogP contribution in [0.15, 0.2) is 72.9 Å². The Morgan fingerprint density at radius 1 is 1.07 bits per heavy atom. The van der Waals surface area contributed by atoms with Crippen molar-refractivity contribution in [1.29, 1.82) is 0 Å². The van der Waals surface area contributed by atoms with Crippen LogP contribution in [0.1, 0.15) is 22.9 Å². The van der Waals surface area contributed by atoms with Gasteiger partial charge >= 0.3 is 0 Å². The molecule has 4 nitrogen and oxygen atoms in total. The predicted molar refractivity (Wildman–Crippen MR) is 108 cm³/mol. The Kier molecular flexibility index (Phi) is 7.37. The number of ether oxygens (including phenoxy) is 1. The van der Waals surface area contributed by atoms with E-state index in [1.807, 2.05) is 48.7 Å².